The molecule has 0 aliphatic heterocycles. The van der Waals surface area contributed by atoms with E-state index in [0.717, 1.165) is 18.6 Å². The molecule has 0 saturated heterocycles. The number of fused-ring (bicyclic) bond motifs is 1. The number of amides is 1. The fourth-order valence-corrected chi connectivity index (χ4v) is 2.25. The van der Waals surface area contributed by atoms with Gasteiger partial charge in [0.1, 0.15) is 5.75 Å². The quantitative estimate of drug-likeness (QED) is 0.814. The van der Waals surface area contributed by atoms with Crippen LogP contribution in [0.2, 0.25) is 0 Å². The Morgan fingerprint density at radius 3 is 3.07 bits per heavy atom. The minimum absolute atomic E-state index is 0.226. The van der Waals surface area contributed by atoms with Crippen molar-refractivity contribution in [2.75, 3.05) is 7.11 Å². The van der Waals surface area contributed by atoms with Crippen LogP contribution in [0.1, 0.15) is 29.9 Å². The molecule has 1 atom stereocenters. The van der Waals surface area contributed by atoms with Gasteiger partial charge in [-0.3, -0.25) is 4.79 Å². The van der Waals surface area contributed by atoms with Gasteiger partial charge in [0.25, 0.3) is 0 Å². The monoisotopic (exact) mass is 205 g/mol. The summed E-state index contributed by atoms with van der Waals surface area (Å²) in [5.74, 6) is 0.911. The van der Waals surface area contributed by atoms with Crippen LogP contribution in [-0.4, -0.2) is 13.0 Å². The molecule has 0 fully saturated rings. The summed E-state index contributed by atoms with van der Waals surface area (Å²) in [5.41, 5.74) is 7.78. The van der Waals surface area contributed by atoms with Crippen molar-refractivity contribution in [1.82, 2.24) is 0 Å². The summed E-state index contributed by atoms with van der Waals surface area (Å²) in [5, 5.41) is 0. The van der Waals surface area contributed by atoms with E-state index < -0.39 is 0 Å². The van der Waals surface area contributed by atoms with Crippen molar-refractivity contribution in [3.05, 3.63) is 29.3 Å². The molecule has 2 rings (SSSR count). The fourth-order valence-electron chi connectivity index (χ4n) is 2.25. The number of carbonyl (C=O) groups is 1. The van der Waals surface area contributed by atoms with E-state index in [1.807, 2.05) is 12.1 Å². The topological polar surface area (TPSA) is 52.3 Å². The van der Waals surface area contributed by atoms with Crippen LogP contribution in [0.4, 0.5) is 0 Å². The van der Waals surface area contributed by atoms with Gasteiger partial charge in [0.2, 0.25) is 5.91 Å². The first-order chi connectivity index (χ1) is 7.20. The Labute approximate surface area is 89.2 Å². The van der Waals surface area contributed by atoms with Crippen molar-refractivity contribution in [2.45, 2.75) is 25.2 Å². The summed E-state index contributed by atoms with van der Waals surface area (Å²) in [6, 6.07) is 6.07. The first-order valence-corrected chi connectivity index (χ1v) is 5.16. The summed E-state index contributed by atoms with van der Waals surface area (Å²) in [7, 11) is 1.65. The zero-order valence-corrected chi connectivity index (χ0v) is 8.82. The molecule has 3 nitrogen and oxygen atoms in total. The SMILES string of the molecule is COc1ccc2c(c1)[C@H](CC(N)=O)CC2. The van der Waals surface area contributed by atoms with E-state index >= 15 is 0 Å². The average molecular weight is 205 g/mol. The van der Waals surface area contributed by atoms with Gasteiger partial charge >= 0.3 is 0 Å². The van der Waals surface area contributed by atoms with Crippen molar-refractivity contribution >= 4 is 5.91 Å². The van der Waals surface area contributed by atoms with Gasteiger partial charge in [-0.2, -0.15) is 0 Å². The highest BCUT2D eigenvalue weighted by molar-refractivity contribution is 5.75. The molecule has 0 aromatic heterocycles. The second-order valence-corrected chi connectivity index (χ2v) is 3.97. The Bertz CT molecular complexity index is 387. The maximum Gasteiger partial charge on any atom is 0.218 e. The minimum Gasteiger partial charge on any atom is -0.497 e. The number of aryl methyl sites for hydroxylation is 1. The largest absolute Gasteiger partial charge is 0.497 e. The van der Waals surface area contributed by atoms with Gasteiger partial charge in [-0.15, -0.1) is 0 Å². The average Bonchev–Trinajstić information content (AvgIpc) is 2.60. The molecule has 0 spiro atoms. The van der Waals surface area contributed by atoms with Crippen molar-refractivity contribution in [3.63, 3.8) is 0 Å². The number of primary amides is 1. The first kappa shape index (κ1) is 10.0. The standard InChI is InChI=1S/C12H15NO2/c1-15-10-5-4-8-2-3-9(6-12(13)14)11(8)7-10/h4-5,7,9H,2-3,6H2,1H3,(H2,13,14)/t9-/m0/s1. The molecule has 0 bridgehead atoms. The maximum absolute atomic E-state index is 10.9. The van der Waals surface area contributed by atoms with Gasteiger partial charge in [-0.05, 0) is 42.0 Å². The van der Waals surface area contributed by atoms with Crippen molar-refractivity contribution < 1.29 is 9.53 Å². The molecule has 2 N–H and O–H groups in total. The van der Waals surface area contributed by atoms with Gasteiger partial charge < -0.3 is 10.5 Å². The van der Waals surface area contributed by atoms with Crippen molar-refractivity contribution in [1.29, 1.82) is 0 Å². The lowest BCUT2D eigenvalue weighted by molar-refractivity contribution is -0.118. The Hall–Kier alpha value is -1.51. The molecule has 1 aliphatic rings. The summed E-state index contributed by atoms with van der Waals surface area (Å²) < 4.78 is 5.18. The van der Waals surface area contributed by atoms with E-state index in [9.17, 15) is 4.79 Å². The summed E-state index contributed by atoms with van der Waals surface area (Å²) in [4.78, 5) is 10.9. The van der Waals surface area contributed by atoms with Crippen LogP contribution in [0, 0.1) is 0 Å². The molecule has 1 aromatic carbocycles. The molecular formula is C12H15NO2. The molecule has 1 amide bonds. The van der Waals surface area contributed by atoms with Crippen molar-refractivity contribution in [2.24, 2.45) is 5.73 Å². The van der Waals surface area contributed by atoms with Crippen LogP contribution >= 0.6 is 0 Å². The first-order valence-electron chi connectivity index (χ1n) is 5.16. The summed E-state index contributed by atoms with van der Waals surface area (Å²) in [6.45, 7) is 0. The smallest absolute Gasteiger partial charge is 0.218 e. The lowest BCUT2D eigenvalue weighted by Crippen LogP contribution is -2.14. The van der Waals surface area contributed by atoms with Gasteiger partial charge in [0.15, 0.2) is 0 Å². The second kappa shape index (κ2) is 3.93. The number of nitrogens with two attached hydrogens (primary N) is 1. The van der Waals surface area contributed by atoms with Crippen LogP contribution in [-0.2, 0) is 11.2 Å². The Morgan fingerprint density at radius 2 is 2.40 bits per heavy atom. The van der Waals surface area contributed by atoms with Crippen LogP contribution in [0.3, 0.4) is 0 Å². The van der Waals surface area contributed by atoms with E-state index in [4.69, 9.17) is 10.5 Å². The van der Waals surface area contributed by atoms with E-state index in [0.29, 0.717) is 6.42 Å². The Kier molecular flexibility index (Phi) is 2.62. The van der Waals surface area contributed by atoms with Gasteiger partial charge in [-0.25, -0.2) is 0 Å². The Morgan fingerprint density at radius 1 is 1.60 bits per heavy atom. The third-order valence-electron chi connectivity index (χ3n) is 3.00. The number of ether oxygens (including phenoxy) is 1. The van der Waals surface area contributed by atoms with Crippen molar-refractivity contribution in [3.8, 4) is 5.75 Å². The van der Waals surface area contributed by atoms with E-state index in [1.165, 1.54) is 11.1 Å². The van der Waals surface area contributed by atoms with Crippen LogP contribution in [0.25, 0.3) is 0 Å². The zero-order valence-electron chi connectivity index (χ0n) is 8.82. The molecule has 1 aliphatic carbocycles. The molecule has 3 heteroatoms. The van der Waals surface area contributed by atoms with Crippen LogP contribution in [0.5, 0.6) is 5.75 Å². The molecule has 0 saturated carbocycles. The molecule has 0 radical (unpaired) electrons. The lowest BCUT2D eigenvalue weighted by Gasteiger charge is -2.10. The number of benzene rings is 1. The number of hydrogen-bond donors (Lipinski definition) is 1. The second-order valence-electron chi connectivity index (χ2n) is 3.97. The summed E-state index contributed by atoms with van der Waals surface area (Å²) >= 11 is 0. The highest BCUT2D eigenvalue weighted by Crippen LogP contribution is 2.37. The van der Waals surface area contributed by atoms with Crippen LogP contribution in [0.15, 0.2) is 18.2 Å². The third-order valence-corrected chi connectivity index (χ3v) is 3.00. The lowest BCUT2D eigenvalue weighted by atomic mass is 9.97. The highest BCUT2D eigenvalue weighted by atomic mass is 16.5. The zero-order chi connectivity index (χ0) is 10.8. The Balaban J connectivity index is 2.27. The third kappa shape index (κ3) is 1.96. The van der Waals surface area contributed by atoms with E-state index in [2.05, 4.69) is 6.07 Å². The van der Waals surface area contributed by atoms with Gasteiger partial charge in [0, 0.05) is 6.42 Å². The van der Waals surface area contributed by atoms with Crippen LogP contribution < -0.4 is 10.5 Å². The van der Waals surface area contributed by atoms with E-state index in [-0.39, 0.29) is 11.8 Å². The minimum atomic E-state index is -0.226. The molecule has 15 heavy (non-hydrogen) atoms. The fraction of sp³-hybridized carbons (Fsp3) is 0.417. The number of carbonyl (C=O) groups excluding carboxylic acids is 1. The van der Waals surface area contributed by atoms with E-state index in [1.54, 1.807) is 7.11 Å². The maximum atomic E-state index is 10.9. The molecular weight excluding hydrogens is 190 g/mol. The number of hydrogen-bond acceptors (Lipinski definition) is 2. The highest BCUT2D eigenvalue weighted by Gasteiger charge is 2.24. The number of methoxy groups -OCH3 is 1. The molecule has 0 unspecified atom stereocenters. The predicted molar refractivity (Wildman–Crippen MR) is 57.9 cm³/mol. The molecule has 0 heterocycles. The predicted octanol–water partition coefficient (Wildman–Crippen LogP) is 1.60. The molecule has 1 aromatic rings. The van der Waals surface area contributed by atoms with Gasteiger partial charge in [0.05, 0.1) is 7.11 Å². The van der Waals surface area contributed by atoms with Gasteiger partial charge in [-0.1, -0.05) is 6.07 Å². The number of rotatable bonds is 3. The molecule has 80 valence electrons. The summed E-state index contributed by atoms with van der Waals surface area (Å²) in [6.07, 6.45) is 2.50. The normalized spacial score (nSPS) is 18.6.